The van der Waals surface area contributed by atoms with Crippen LogP contribution in [0.3, 0.4) is 0 Å². The smallest absolute Gasteiger partial charge is 0.239 e. The van der Waals surface area contributed by atoms with Crippen molar-refractivity contribution in [1.82, 2.24) is 9.88 Å². The molecule has 0 atom stereocenters. The summed E-state index contributed by atoms with van der Waals surface area (Å²) in [5.74, 6) is 1.76. The highest BCUT2D eigenvalue weighted by Crippen LogP contribution is 2.39. The highest BCUT2D eigenvalue weighted by atomic mass is 35.5. The standard InChI is InChI=1S/C22H26ClN3O3S2.ClH/c1-25(2)12-5-13-26(19(27)14-30-16-8-6-15(28-3)7-9-16)22-24-20-18(29-4)11-10-17(23)21(20)31-22;/h6-11H,5,12-14H2,1-4H3;1H. The van der Waals surface area contributed by atoms with E-state index in [1.54, 1.807) is 31.3 Å². The first-order chi connectivity index (χ1) is 14.9. The summed E-state index contributed by atoms with van der Waals surface area (Å²) >= 11 is 9.30. The molecule has 2 aromatic carbocycles. The van der Waals surface area contributed by atoms with Gasteiger partial charge in [0.15, 0.2) is 5.13 Å². The molecule has 0 unspecified atom stereocenters. The first-order valence-corrected chi connectivity index (χ1v) is 12.0. The second-order valence-electron chi connectivity index (χ2n) is 7.09. The fourth-order valence-electron chi connectivity index (χ4n) is 2.99. The van der Waals surface area contributed by atoms with Crippen LogP contribution in [0.5, 0.6) is 11.5 Å². The van der Waals surface area contributed by atoms with Crippen LogP contribution in [0.1, 0.15) is 6.42 Å². The van der Waals surface area contributed by atoms with Crippen LogP contribution in [0.25, 0.3) is 10.2 Å². The lowest BCUT2D eigenvalue weighted by Gasteiger charge is -2.21. The molecule has 0 bridgehead atoms. The predicted molar refractivity (Wildman–Crippen MR) is 138 cm³/mol. The highest BCUT2D eigenvalue weighted by molar-refractivity contribution is 8.00. The van der Waals surface area contributed by atoms with Gasteiger partial charge in [-0.25, -0.2) is 4.98 Å². The number of thioether (sulfide) groups is 1. The predicted octanol–water partition coefficient (Wildman–Crippen LogP) is 5.47. The zero-order valence-electron chi connectivity index (χ0n) is 18.5. The van der Waals surface area contributed by atoms with Crippen molar-refractivity contribution >= 4 is 68.4 Å². The van der Waals surface area contributed by atoms with E-state index in [2.05, 4.69) is 4.90 Å². The third-order valence-corrected chi connectivity index (χ3v) is 7.14. The molecule has 0 saturated heterocycles. The number of anilines is 1. The number of ether oxygens (including phenoxy) is 2. The summed E-state index contributed by atoms with van der Waals surface area (Å²) in [6.45, 7) is 1.46. The molecule has 6 nitrogen and oxygen atoms in total. The van der Waals surface area contributed by atoms with Crippen LogP contribution >= 0.6 is 47.1 Å². The Morgan fingerprint density at radius 2 is 1.81 bits per heavy atom. The number of hydrogen-bond donors (Lipinski definition) is 0. The summed E-state index contributed by atoms with van der Waals surface area (Å²) in [6.07, 6.45) is 0.840. The van der Waals surface area contributed by atoms with E-state index in [9.17, 15) is 4.79 Å². The minimum atomic E-state index is 0. The van der Waals surface area contributed by atoms with Gasteiger partial charge in [0.25, 0.3) is 0 Å². The minimum Gasteiger partial charge on any atom is -0.497 e. The van der Waals surface area contributed by atoms with Crippen LogP contribution in [0, 0.1) is 0 Å². The Hall–Kier alpha value is -1.71. The van der Waals surface area contributed by atoms with Crippen LogP contribution < -0.4 is 14.4 Å². The number of halogens is 2. The van der Waals surface area contributed by atoms with Gasteiger partial charge in [-0.15, -0.1) is 24.2 Å². The summed E-state index contributed by atoms with van der Waals surface area (Å²) in [6, 6.07) is 11.3. The lowest BCUT2D eigenvalue weighted by molar-refractivity contribution is -0.116. The van der Waals surface area contributed by atoms with Gasteiger partial charge in [-0.05, 0) is 63.5 Å². The first-order valence-electron chi connectivity index (χ1n) is 9.78. The molecule has 1 aromatic heterocycles. The van der Waals surface area contributed by atoms with Crippen molar-refractivity contribution in [2.75, 3.05) is 52.1 Å². The molecule has 32 heavy (non-hydrogen) atoms. The summed E-state index contributed by atoms with van der Waals surface area (Å²) in [4.78, 5) is 22.8. The lowest BCUT2D eigenvalue weighted by atomic mass is 10.3. The van der Waals surface area contributed by atoms with E-state index < -0.39 is 0 Å². The monoisotopic (exact) mass is 515 g/mol. The average Bonchev–Trinajstić information content (AvgIpc) is 3.21. The molecule has 0 fully saturated rings. The number of carbonyl (C=O) groups excluding carboxylic acids is 1. The molecule has 0 radical (unpaired) electrons. The fraction of sp³-hybridized carbons (Fsp3) is 0.364. The van der Waals surface area contributed by atoms with Gasteiger partial charge in [-0.3, -0.25) is 9.69 Å². The van der Waals surface area contributed by atoms with Crippen molar-refractivity contribution in [2.24, 2.45) is 0 Å². The van der Waals surface area contributed by atoms with E-state index in [1.807, 2.05) is 38.4 Å². The molecule has 3 aromatic rings. The maximum absolute atomic E-state index is 13.2. The Kier molecular flexibility index (Phi) is 10.4. The zero-order valence-corrected chi connectivity index (χ0v) is 21.7. The number of methoxy groups -OCH3 is 2. The number of aromatic nitrogens is 1. The van der Waals surface area contributed by atoms with Gasteiger partial charge < -0.3 is 14.4 Å². The van der Waals surface area contributed by atoms with Crippen molar-refractivity contribution in [3.8, 4) is 11.5 Å². The number of amides is 1. The number of thiazole rings is 1. The molecular weight excluding hydrogens is 489 g/mol. The van der Waals surface area contributed by atoms with Crippen LogP contribution in [-0.4, -0.2) is 62.9 Å². The van der Waals surface area contributed by atoms with Crippen molar-refractivity contribution in [3.63, 3.8) is 0 Å². The van der Waals surface area contributed by atoms with Gasteiger partial charge >= 0.3 is 0 Å². The Morgan fingerprint density at radius 1 is 1.09 bits per heavy atom. The Labute approximate surface area is 208 Å². The molecule has 10 heteroatoms. The number of rotatable bonds is 10. The molecule has 0 N–H and O–H groups in total. The van der Waals surface area contributed by atoms with Gasteiger partial charge in [0, 0.05) is 11.4 Å². The normalized spacial score (nSPS) is 10.8. The number of fused-ring (bicyclic) bond motifs is 1. The number of carbonyl (C=O) groups is 1. The van der Waals surface area contributed by atoms with E-state index in [-0.39, 0.29) is 18.3 Å². The molecule has 0 aliphatic carbocycles. The summed E-state index contributed by atoms with van der Waals surface area (Å²) in [5, 5.41) is 1.24. The molecule has 1 amide bonds. The van der Waals surface area contributed by atoms with Crippen LogP contribution in [-0.2, 0) is 4.79 Å². The summed E-state index contributed by atoms with van der Waals surface area (Å²) in [7, 11) is 7.28. The number of benzene rings is 2. The summed E-state index contributed by atoms with van der Waals surface area (Å²) in [5.41, 5.74) is 0.684. The Bertz CT molecular complexity index is 1030. The molecule has 0 aliphatic heterocycles. The van der Waals surface area contributed by atoms with E-state index in [0.29, 0.717) is 33.7 Å². The average molecular weight is 517 g/mol. The van der Waals surface area contributed by atoms with Crippen LogP contribution in [0.4, 0.5) is 5.13 Å². The highest BCUT2D eigenvalue weighted by Gasteiger charge is 2.22. The van der Waals surface area contributed by atoms with Gasteiger partial charge in [0.2, 0.25) is 5.91 Å². The van der Waals surface area contributed by atoms with E-state index >= 15 is 0 Å². The molecule has 0 saturated carbocycles. The molecule has 0 aliphatic rings. The molecule has 0 spiro atoms. The van der Waals surface area contributed by atoms with Gasteiger partial charge in [-0.1, -0.05) is 22.9 Å². The third kappa shape index (κ3) is 6.65. The summed E-state index contributed by atoms with van der Waals surface area (Å²) < 4.78 is 11.5. The van der Waals surface area contributed by atoms with Gasteiger partial charge in [0.05, 0.1) is 29.7 Å². The number of nitrogens with zero attached hydrogens (tertiary/aromatic N) is 3. The van der Waals surface area contributed by atoms with E-state index in [1.165, 1.54) is 23.1 Å². The molecule has 1 heterocycles. The van der Waals surface area contributed by atoms with Crippen molar-refractivity contribution in [3.05, 3.63) is 41.4 Å². The van der Waals surface area contributed by atoms with Gasteiger partial charge in [-0.2, -0.15) is 0 Å². The molecular formula is C22H27Cl2N3O3S2. The largest absolute Gasteiger partial charge is 0.497 e. The quantitative estimate of drug-likeness (QED) is 0.334. The molecule has 174 valence electrons. The van der Waals surface area contributed by atoms with Crippen LogP contribution in [0.2, 0.25) is 5.02 Å². The lowest BCUT2D eigenvalue weighted by Crippen LogP contribution is -2.34. The van der Waals surface area contributed by atoms with Crippen molar-refractivity contribution < 1.29 is 14.3 Å². The SMILES string of the molecule is COc1ccc(SCC(=O)N(CCCN(C)C)c2nc3c(OC)ccc(Cl)c3s2)cc1.Cl. The van der Waals surface area contributed by atoms with E-state index in [4.69, 9.17) is 26.1 Å². The maximum atomic E-state index is 13.2. The Balaban J connectivity index is 0.00000363. The topological polar surface area (TPSA) is 54.9 Å². The van der Waals surface area contributed by atoms with Crippen LogP contribution in [0.15, 0.2) is 41.3 Å². The fourth-order valence-corrected chi connectivity index (χ4v) is 5.06. The van der Waals surface area contributed by atoms with Crippen molar-refractivity contribution in [2.45, 2.75) is 11.3 Å². The zero-order chi connectivity index (χ0) is 22.4. The third-order valence-electron chi connectivity index (χ3n) is 4.61. The second kappa shape index (κ2) is 12.5. The van der Waals surface area contributed by atoms with E-state index in [0.717, 1.165) is 28.3 Å². The first kappa shape index (κ1) is 26.5. The number of hydrogen-bond acceptors (Lipinski definition) is 7. The minimum absolute atomic E-state index is 0. The maximum Gasteiger partial charge on any atom is 0.239 e. The van der Waals surface area contributed by atoms with Gasteiger partial charge in [0.1, 0.15) is 17.0 Å². The van der Waals surface area contributed by atoms with Crippen molar-refractivity contribution in [1.29, 1.82) is 0 Å². The molecule has 3 rings (SSSR count). The Morgan fingerprint density at radius 3 is 2.44 bits per heavy atom. The second-order valence-corrected chi connectivity index (χ2v) is 9.52.